The number of rotatable bonds is 4. The average Bonchev–Trinajstić information content (AvgIpc) is 3.03. The van der Waals surface area contributed by atoms with Gasteiger partial charge in [0.1, 0.15) is 5.60 Å². The summed E-state index contributed by atoms with van der Waals surface area (Å²) in [7, 11) is -0.392. The summed E-state index contributed by atoms with van der Waals surface area (Å²) in [6.07, 6.45) is 2.28. The van der Waals surface area contributed by atoms with Gasteiger partial charge in [-0.2, -0.15) is 0 Å². The smallest absolute Gasteiger partial charge is 0.444 e. The van der Waals surface area contributed by atoms with Gasteiger partial charge in [-0.1, -0.05) is 12.1 Å². The third kappa shape index (κ3) is 4.36. The highest BCUT2D eigenvalue weighted by Gasteiger charge is 2.51. The Morgan fingerprint density at radius 1 is 1.18 bits per heavy atom. The van der Waals surface area contributed by atoms with E-state index in [0.29, 0.717) is 13.0 Å². The fourth-order valence-electron chi connectivity index (χ4n) is 3.14. The fraction of sp³-hybridized carbons (Fsp3) is 0.571. The van der Waals surface area contributed by atoms with Gasteiger partial charge in [-0.15, -0.1) is 0 Å². The molecule has 1 fully saturated rings. The van der Waals surface area contributed by atoms with Gasteiger partial charge in [0.25, 0.3) is 0 Å². The van der Waals surface area contributed by atoms with E-state index in [2.05, 4.69) is 44.1 Å². The summed E-state index contributed by atoms with van der Waals surface area (Å²) < 4.78 is 17.6. The molecule has 152 valence electrons. The Morgan fingerprint density at radius 3 is 2.43 bits per heavy atom. The summed E-state index contributed by atoms with van der Waals surface area (Å²) >= 11 is 0. The zero-order chi connectivity index (χ0) is 20.7. The number of fused-ring (bicyclic) bond motifs is 1. The van der Waals surface area contributed by atoms with Gasteiger partial charge in [0, 0.05) is 23.6 Å². The van der Waals surface area contributed by atoms with Crippen LogP contribution in [0, 0.1) is 0 Å². The lowest BCUT2D eigenvalue weighted by molar-refractivity contribution is 0.00578. The number of nitrogens with one attached hydrogen (secondary N) is 2. The Morgan fingerprint density at radius 2 is 1.82 bits per heavy atom. The van der Waals surface area contributed by atoms with E-state index in [1.807, 2.05) is 39.1 Å². The maximum absolute atomic E-state index is 11.8. The number of carbonyl (C=O) groups excluding carboxylic acids is 1. The molecule has 7 heteroatoms. The second-order valence-corrected chi connectivity index (χ2v) is 9.39. The standard InChI is InChI=1S/C21H31BN2O4/c1-19(2,3)26-18(25)23-11-10-14-13-24-17-9-8-15(12-16(14)17)22-27-20(4,5)21(6,7)28-22/h8-9,12-13,24H,10-11H2,1-7H3,(H,23,25). The number of carbonyl (C=O) groups is 1. The molecule has 1 aliphatic rings. The van der Waals surface area contributed by atoms with Crippen LogP contribution in [-0.4, -0.2) is 41.5 Å². The molecule has 0 atom stereocenters. The average molecular weight is 386 g/mol. The van der Waals surface area contributed by atoms with Gasteiger partial charge >= 0.3 is 13.2 Å². The molecule has 1 aromatic carbocycles. The number of hydrogen-bond donors (Lipinski definition) is 2. The lowest BCUT2D eigenvalue weighted by Crippen LogP contribution is -2.41. The molecular formula is C21H31BN2O4. The van der Waals surface area contributed by atoms with E-state index in [0.717, 1.165) is 21.9 Å². The van der Waals surface area contributed by atoms with Gasteiger partial charge < -0.3 is 24.3 Å². The molecule has 0 unspecified atom stereocenters. The first kappa shape index (κ1) is 20.7. The molecule has 6 nitrogen and oxygen atoms in total. The molecule has 2 aromatic rings. The molecule has 0 spiro atoms. The maximum atomic E-state index is 11.8. The van der Waals surface area contributed by atoms with Crippen molar-refractivity contribution in [2.24, 2.45) is 0 Å². The molecule has 1 saturated heterocycles. The van der Waals surface area contributed by atoms with E-state index in [4.69, 9.17) is 14.0 Å². The van der Waals surface area contributed by atoms with Crippen LogP contribution < -0.4 is 10.8 Å². The van der Waals surface area contributed by atoms with Crippen molar-refractivity contribution in [2.75, 3.05) is 6.54 Å². The number of ether oxygens (including phenoxy) is 1. The largest absolute Gasteiger partial charge is 0.494 e. The summed E-state index contributed by atoms with van der Waals surface area (Å²) in [5, 5.41) is 3.92. The lowest BCUT2D eigenvalue weighted by Gasteiger charge is -2.32. The van der Waals surface area contributed by atoms with Crippen molar-refractivity contribution >= 4 is 29.6 Å². The predicted octanol–water partition coefficient (Wildman–Crippen LogP) is 3.53. The summed E-state index contributed by atoms with van der Waals surface area (Å²) in [4.78, 5) is 15.1. The van der Waals surface area contributed by atoms with Crippen molar-refractivity contribution in [3.8, 4) is 0 Å². The van der Waals surface area contributed by atoms with Crippen LogP contribution in [0.1, 0.15) is 54.0 Å². The van der Waals surface area contributed by atoms with Crippen LogP contribution in [-0.2, 0) is 20.5 Å². The number of aromatic nitrogens is 1. The Hall–Kier alpha value is -1.99. The Labute approximate surface area is 167 Å². The lowest BCUT2D eigenvalue weighted by atomic mass is 9.78. The van der Waals surface area contributed by atoms with Crippen LogP contribution >= 0.6 is 0 Å². The molecule has 0 aliphatic carbocycles. The van der Waals surface area contributed by atoms with Crippen molar-refractivity contribution in [1.29, 1.82) is 0 Å². The number of hydrogen-bond acceptors (Lipinski definition) is 4. The Bertz CT molecular complexity index is 851. The third-order valence-electron chi connectivity index (χ3n) is 5.38. The van der Waals surface area contributed by atoms with Crippen LogP contribution in [0.2, 0.25) is 0 Å². The molecular weight excluding hydrogens is 355 g/mol. The van der Waals surface area contributed by atoms with Gasteiger partial charge in [-0.05, 0) is 72.0 Å². The van der Waals surface area contributed by atoms with Gasteiger partial charge in [-0.25, -0.2) is 4.79 Å². The van der Waals surface area contributed by atoms with Crippen LogP contribution in [0.5, 0.6) is 0 Å². The van der Waals surface area contributed by atoms with Crippen LogP contribution in [0.25, 0.3) is 10.9 Å². The molecule has 0 bridgehead atoms. The molecule has 1 aromatic heterocycles. The first-order valence-electron chi connectivity index (χ1n) is 9.80. The van der Waals surface area contributed by atoms with Crippen molar-refractivity contribution < 1.29 is 18.8 Å². The summed E-state index contributed by atoms with van der Waals surface area (Å²) in [5.74, 6) is 0. The van der Waals surface area contributed by atoms with Crippen LogP contribution in [0.15, 0.2) is 24.4 Å². The second kappa shape index (κ2) is 7.12. The minimum Gasteiger partial charge on any atom is -0.444 e. The molecule has 0 radical (unpaired) electrons. The van der Waals surface area contributed by atoms with E-state index in [-0.39, 0.29) is 11.2 Å². The zero-order valence-corrected chi connectivity index (χ0v) is 17.9. The normalized spacial score (nSPS) is 18.5. The fourth-order valence-corrected chi connectivity index (χ4v) is 3.14. The minimum atomic E-state index is -0.497. The molecule has 3 rings (SSSR count). The SMILES string of the molecule is CC(C)(C)OC(=O)NCCc1c[nH]c2ccc(B3OC(C)(C)C(C)(C)O3)cc12. The van der Waals surface area contributed by atoms with E-state index in [1.54, 1.807) is 0 Å². The summed E-state index contributed by atoms with van der Waals surface area (Å²) in [6, 6.07) is 6.18. The second-order valence-electron chi connectivity index (χ2n) is 9.39. The minimum absolute atomic E-state index is 0.370. The van der Waals surface area contributed by atoms with Crippen molar-refractivity contribution in [1.82, 2.24) is 10.3 Å². The predicted molar refractivity (Wildman–Crippen MR) is 112 cm³/mol. The highest BCUT2D eigenvalue weighted by atomic mass is 16.7. The van der Waals surface area contributed by atoms with E-state index in [9.17, 15) is 4.79 Å². The van der Waals surface area contributed by atoms with Gasteiger partial charge in [0.2, 0.25) is 0 Å². The molecule has 1 aliphatic heterocycles. The zero-order valence-electron chi connectivity index (χ0n) is 17.9. The molecule has 1 amide bonds. The molecule has 2 heterocycles. The molecule has 2 N–H and O–H groups in total. The van der Waals surface area contributed by atoms with E-state index < -0.39 is 18.8 Å². The number of amides is 1. The van der Waals surface area contributed by atoms with Gasteiger partial charge in [0.15, 0.2) is 0 Å². The topological polar surface area (TPSA) is 72.6 Å². The van der Waals surface area contributed by atoms with Gasteiger partial charge in [0.05, 0.1) is 11.2 Å². The Kier molecular flexibility index (Phi) is 5.27. The Balaban J connectivity index is 1.70. The quantitative estimate of drug-likeness (QED) is 0.789. The van der Waals surface area contributed by atoms with E-state index >= 15 is 0 Å². The van der Waals surface area contributed by atoms with Gasteiger partial charge in [-0.3, -0.25) is 0 Å². The highest BCUT2D eigenvalue weighted by Crippen LogP contribution is 2.36. The number of benzene rings is 1. The van der Waals surface area contributed by atoms with Crippen LogP contribution in [0.4, 0.5) is 4.79 Å². The maximum Gasteiger partial charge on any atom is 0.494 e. The number of H-pyrrole nitrogens is 1. The molecule has 28 heavy (non-hydrogen) atoms. The van der Waals surface area contributed by atoms with Crippen LogP contribution in [0.3, 0.4) is 0 Å². The van der Waals surface area contributed by atoms with E-state index in [1.165, 1.54) is 0 Å². The highest BCUT2D eigenvalue weighted by molar-refractivity contribution is 6.62. The third-order valence-corrected chi connectivity index (χ3v) is 5.38. The van der Waals surface area contributed by atoms with Crippen molar-refractivity contribution in [2.45, 2.75) is 71.7 Å². The number of alkyl carbamates (subject to hydrolysis) is 1. The number of aromatic amines is 1. The first-order chi connectivity index (χ1) is 12.9. The van der Waals surface area contributed by atoms with Crippen molar-refractivity contribution in [3.63, 3.8) is 0 Å². The monoisotopic (exact) mass is 386 g/mol. The van der Waals surface area contributed by atoms with Crippen molar-refractivity contribution in [3.05, 3.63) is 30.0 Å². The summed E-state index contributed by atoms with van der Waals surface area (Å²) in [6.45, 7) is 14.3. The first-order valence-corrected chi connectivity index (χ1v) is 9.80. The molecule has 0 saturated carbocycles. The summed E-state index contributed by atoms with van der Waals surface area (Å²) in [5.41, 5.74) is 1.93.